The molecule has 34 heavy (non-hydrogen) atoms. The van der Waals surface area contributed by atoms with Crippen molar-refractivity contribution >= 4 is 17.5 Å². The first-order chi connectivity index (χ1) is 16.2. The zero-order chi connectivity index (χ0) is 24.0. The fourth-order valence-electron chi connectivity index (χ4n) is 5.52. The van der Waals surface area contributed by atoms with Crippen molar-refractivity contribution in [1.29, 1.82) is 0 Å². The molecule has 3 aliphatic heterocycles. The van der Waals surface area contributed by atoms with Gasteiger partial charge in [0.2, 0.25) is 0 Å². The van der Waals surface area contributed by atoms with Crippen LogP contribution in [0.2, 0.25) is 0 Å². The van der Waals surface area contributed by atoms with Crippen LogP contribution in [0.4, 0.5) is 23.7 Å². The van der Waals surface area contributed by atoms with Crippen LogP contribution in [0.25, 0.3) is 0 Å². The Labute approximate surface area is 196 Å². The number of rotatable bonds is 4. The van der Waals surface area contributed by atoms with E-state index in [1.165, 1.54) is 29.9 Å². The second-order valence-corrected chi connectivity index (χ2v) is 9.64. The van der Waals surface area contributed by atoms with Crippen molar-refractivity contribution < 1.29 is 22.8 Å². The van der Waals surface area contributed by atoms with Gasteiger partial charge < -0.3 is 9.80 Å². The summed E-state index contributed by atoms with van der Waals surface area (Å²) >= 11 is 0. The Morgan fingerprint density at radius 3 is 2.29 bits per heavy atom. The number of carbonyl (C=O) groups excluding carboxylic acids is 2. The Balaban J connectivity index is 1.24. The fraction of sp³-hybridized carbons (Fsp3) is 0.542. The second kappa shape index (κ2) is 8.72. The van der Waals surface area contributed by atoms with Gasteiger partial charge in [0.05, 0.1) is 5.56 Å². The van der Waals surface area contributed by atoms with E-state index in [9.17, 15) is 22.8 Å². The molecule has 4 heterocycles. The smallest absolute Gasteiger partial charge is 0.372 e. The maximum absolute atomic E-state index is 13.9. The predicted molar refractivity (Wildman–Crippen MR) is 120 cm³/mol. The number of hydrogen-bond donors (Lipinski definition) is 0. The van der Waals surface area contributed by atoms with Gasteiger partial charge >= 0.3 is 12.2 Å². The molecule has 0 radical (unpaired) electrons. The third-order valence-corrected chi connectivity index (χ3v) is 7.24. The van der Waals surface area contributed by atoms with E-state index in [1.807, 2.05) is 11.0 Å². The van der Waals surface area contributed by atoms with Gasteiger partial charge in [0, 0.05) is 64.6 Å². The maximum Gasteiger partial charge on any atom is 0.416 e. The van der Waals surface area contributed by atoms with E-state index in [1.54, 1.807) is 11.0 Å². The molecule has 3 saturated heterocycles. The van der Waals surface area contributed by atoms with E-state index in [2.05, 4.69) is 10.00 Å². The Kier molecular flexibility index (Phi) is 5.87. The van der Waals surface area contributed by atoms with Crippen LogP contribution in [0.1, 0.15) is 41.4 Å². The highest BCUT2D eigenvalue weighted by atomic mass is 19.4. The molecule has 2 aromatic rings. The maximum atomic E-state index is 13.9. The van der Waals surface area contributed by atoms with Gasteiger partial charge in [0.15, 0.2) is 5.78 Å². The van der Waals surface area contributed by atoms with Gasteiger partial charge in [0.25, 0.3) is 0 Å². The standard InChI is InChI=1S/C24H28F3N5O2/c1-16(33)22-6-9-32(28-22)23(34)31-14-18-12-29(13-19(18)15-31)11-17-4-5-20(30-7-2-3-8-30)10-21(17)24(25,26)27/h4-6,9-10,18-19H,2-3,7-8,11-15H2,1H3. The third kappa shape index (κ3) is 4.43. The quantitative estimate of drug-likeness (QED) is 0.631. The molecule has 1 aromatic heterocycles. The van der Waals surface area contributed by atoms with Crippen molar-refractivity contribution in [3.63, 3.8) is 0 Å². The van der Waals surface area contributed by atoms with Crippen LogP contribution in [0, 0.1) is 11.8 Å². The number of Topliss-reactive ketones (excluding diaryl/α,β-unsaturated/α-hetero) is 1. The van der Waals surface area contributed by atoms with E-state index in [0.717, 1.165) is 25.9 Å². The predicted octanol–water partition coefficient (Wildman–Crippen LogP) is 3.74. The summed E-state index contributed by atoms with van der Waals surface area (Å²) < 4.78 is 42.8. The Morgan fingerprint density at radius 2 is 1.71 bits per heavy atom. The minimum atomic E-state index is -4.40. The third-order valence-electron chi connectivity index (χ3n) is 7.24. The molecular weight excluding hydrogens is 447 g/mol. The van der Waals surface area contributed by atoms with Crippen LogP contribution >= 0.6 is 0 Å². The summed E-state index contributed by atoms with van der Waals surface area (Å²) in [5.74, 6) is 0.224. The van der Waals surface area contributed by atoms with Gasteiger partial charge in [-0.1, -0.05) is 6.07 Å². The second-order valence-electron chi connectivity index (χ2n) is 9.64. The van der Waals surface area contributed by atoms with Crippen LogP contribution in [-0.4, -0.2) is 70.7 Å². The highest BCUT2D eigenvalue weighted by Crippen LogP contribution is 2.38. The summed E-state index contributed by atoms with van der Waals surface area (Å²) in [6.07, 6.45) is -0.884. The number of amides is 1. The van der Waals surface area contributed by atoms with E-state index >= 15 is 0 Å². The zero-order valence-corrected chi connectivity index (χ0v) is 19.1. The molecule has 2 unspecified atom stereocenters. The molecule has 10 heteroatoms. The molecule has 0 saturated carbocycles. The first-order valence-corrected chi connectivity index (χ1v) is 11.7. The van der Waals surface area contributed by atoms with E-state index < -0.39 is 11.7 Å². The van der Waals surface area contributed by atoms with Crippen LogP contribution in [0.5, 0.6) is 0 Å². The number of nitrogens with zero attached hydrogens (tertiary/aromatic N) is 5. The number of alkyl halides is 3. The Hall–Kier alpha value is -2.88. The lowest BCUT2D eigenvalue weighted by atomic mass is 10.0. The topological polar surface area (TPSA) is 61.7 Å². The average Bonchev–Trinajstić information content (AvgIpc) is 3.56. The van der Waals surface area contributed by atoms with Crippen molar-refractivity contribution in [2.24, 2.45) is 11.8 Å². The fourth-order valence-corrected chi connectivity index (χ4v) is 5.52. The zero-order valence-electron chi connectivity index (χ0n) is 19.1. The van der Waals surface area contributed by atoms with Crippen LogP contribution in [-0.2, 0) is 12.7 Å². The molecule has 1 aromatic carbocycles. The van der Waals surface area contributed by atoms with Crippen LogP contribution in [0.3, 0.4) is 0 Å². The molecule has 5 rings (SSSR count). The minimum Gasteiger partial charge on any atom is -0.372 e. The van der Waals surface area contributed by atoms with Crippen molar-refractivity contribution in [1.82, 2.24) is 19.6 Å². The number of anilines is 1. The first-order valence-electron chi connectivity index (χ1n) is 11.7. The number of benzene rings is 1. The van der Waals surface area contributed by atoms with Crippen LogP contribution < -0.4 is 4.90 Å². The van der Waals surface area contributed by atoms with Gasteiger partial charge in [-0.05, 0) is 48.4 Å². The normalized spacial score (nSPS) is 23.1. The van der Waals surface area contributed by atoms with Crippen molar-refractivity contribution in [2.45, 2.75) is 32.5 Å². The number of likely N-dealkylation sites (tertiary alicyclic amines) is 2. The van der Waals surface area contributed by atoms with E-state index in [4.69, 9.17) is 0 Å². The molecule has 1 amide bonds. The molecule has 2 atom stereocenters. The first kappa shape index (κ1) is 22.9. The van der Waals surface area contributed by atoms with Gasteiger partial charge in [-0.2, -0.15) is 23.0 Å². The number of aromatic nitrogens is 2. The highest BCUT2D eigenvalue weighted by molar-refractivity contribution is 5.92. The molecule has 0 spiro atoms. The lowest BCUT2D eigenvalue weighted by molar-refractivity contribution is -0.138. The van der Waals surface area contributed by atoms with Crippen molar-refractivity contribution in [2.75, 3.05) is 44.2 Å². The largest absolute Gasteiger partial charge is 0.416 e. The molecule has 0 aliphatic carbocycles. The van der Waals surface area contributed by atoms with Crippen molar-refractivity contribution in [3.8, 4) is 0 Å². The molecule has 3 aliphatic rings. The number of fused-ring (bicyclic) bond motifs is 1. The minimum absolute atomic E-state index is 0.202. The summed E-state index contributed by atoms with van der Waals surface area (Å²) in [4.78, 5) is 30.0. The van der Waals surface area contributed by atoms with E-state index in [0.29, 0.717) is 37.4 Å². The van der Waals surface area contributed by atoms with Gasteiger partial charge in [-0.25, -0.2) is 4.79 Å². The molecule has 7 nitrogen and oxygen atoms in total. The monoisotopic (exact) mass is 475 g/mol. The summed E-state index contributed by atoms with van der Waals surface area (Å²) in [5.41, 5.74) is 0.644. The van der Waals surface area contributed by atoms with Gasteiger partial charge in [0.1, 0.15) is 5.69 Å². The van der Waals surface area contributed by atoms with Gasteiger partial charge in [-0.15, -0.1) is 0 Å². The number of carbonyl (C=O) groups is 2. The van der Waals surface area contributed by atoms with E-state index in [-0.39, 0.29) is 35.9 Å². The SMILES string of the molecule is CC(=O)c1ccn(C(=O)N2CC3CN(Cc4ccc(N5CCCC5)cc4C(F)(F)F)CC3C2)n1. The molecule has 0 N–H and O–H groups in total. The van der Waals surface area contributed by atoms with Gasteiger partial charge in [-0.3, -0.25) is 9.69 Å². The number of halogens is 3. The summed E-state index contributed by atoms with van der Waals surface area (Å²) in [6.45, 7) is 5.62. The lowest BCUT2D eigenvalue weighted by Gasteiger charge is -2.24. The van der Waals surface area contributed by atoms with Crippen LogP contribution in [0.15, 0.2) is 30.5 Å². The molecule has 3 fully saturated rings. The summed E-state index contributed by atoms with van der Waals surface area (Å²) in [6, 6.07) is 5.99. The molecular formula is C24H28F3N5O2. The summed E-state index contributed by atoms with van der Waals surface area (Å²) in [5, 5.41) is 4.04. The summed E-state index contributed by atoms with van der Waals surface area (Å²) in [7, 11) is 0. The Bertz CT molecular complexity index is 1080. The molecule has 182 valence electrons. The average molecular weight is 476 g/mol. The Morgan fingerprint density at radius 1 is 1.03 bits per heavy atom. The van der Waals surface area contributed by atoms with Crippen molar-refractivity contribution in [3.05, 3.63) is 47.3 Å². The lowest BCUT2D eigenvalue weighted by Crippen LogP contribution is -2.36. The molecule has 0 bridgehead atoms. The number of ketones is 1. The highest BCUT2D eigenvalue weighted by Gasteiger charge is 2.43. The number of hydrogen-bond acceptors (Lipinski definition) is 5.